The summed E-state index contributed by atoms with van der Waals surface area (Å²) < 4.78 is 62.5. The topological polar surface area (TPSA) is 204 Å². The molecule has 5 rings (SSSR count). The van der Waals surface area contributed by atoms with Gasteiger partial charge >= 0.3 is 35.8 Å². The molecule has 590 valence electrons. The van der Waals surface area contributed by atoms with Crippen molar-refractivity contribution < 1.29 is 80.9 Å². The zero-order valence-corrected chi connectivity index (χ0v) is 65.1. The van der Waals surface area contributed by atoms with Gasteiger partial charge < -0.3 is 52.1 Å². The molecule has 4 aromatic rings. The van der Waals surface area contributed by atoms with Crippen LogP contribution in [0, 0.1) is 18.3 Å². The fourth-order valence-corrected chi connectivity index (χ4v) is 12.7. The smallest absolute Gasteiger partial charge is 0.343 e. The van der Waals surface area contributed by atoms with E-state index in [-0.39, 0.29) is 43.8 Å². The van der Waals surface area contributed by atoms with Gasteiger partial charge in [0.1, 0.15) is 34.3 Å². The second kappa shape index (κ2) is 57.9. The summed E-state index contributed by atoms with van der Waals surface area (Å²) in [4.78, 5) is 74.9. The molecule has 0 atom stereocenters. The summed E-state index contributed by atoms with van der Waals surface area (Å²) in [5.74, 6) is 5.56. The van der Waals surface area contributed by atoms with Gasteiger partial charge in [0.25, 0.3) is 0 Å². The minimum absolute atomic E-state index is 0.00847. The number of terminal acetylenes is 1. The van der Waals surface area contributed by atoms with Crippen LogP contribution >= 0.6 is 0 Å². The number of unbranched alkanes of at least 4 members (excludes halogenated alkanes) is 25. The maximum atomic E-state index is 13.5. The van der Waals surface area contributed by atoms with E-state index in [9.17, 15) is 28.8 Å². The SMILES string of the molecule is C#Cc1ccc(OCCCCCCCCOC(=O)CCC(=O)OCCCCCCCCOc2ccc(OCCCCCCCCOC(=O)CCC(=C)OCCCCCCCCOc3ccc(C(=O)Oc4ccc(C5CCC(CCCCC)CC5)cc4)cc3)cc2C(=O)OCCCCCCOC(=O)C(=C)C)cc1. The molecule has 1 aliphatic rings. The van der Waals surface area contributed by atoms with E-state index in [1.54, 1.807) is 31.2 Å². The van der Waals surface area contributed by atoms with E-state index in [2.05, 4.69) is 38.1 Å². The first-order chi connectivity index (χ1) is 52.3. The minimum atomic E-state index is -0.480. The normalized spacial score (nSPS) is 13.1. The quantitative estimate of drug-likeness (QED) is 0.00767. The highest BCUT2D eigenvalue weighted by Gasteiger charge is 2.23. The largest absolute Gasteiger partial charge is 0.499 e. The Morgan fingerprint density at radius 1 is 0.393 bits per heavy atom. The zero-order chi connectivity index (χ0) is 76.4. The number of esters is 6. The van der Waals surface area contributed by atoms with E-state index in [0.717, 1.165) is 190 Å². The molecule has 0 bridgehead atoms. The number of allylic oxidation sites excluding steroid dienone is 1. The van der Waals surface area contributed by atoms with Crippen molar-refractivity contribution in [1.29, 1.82) is 0 Å². The third-order valence-electron chi connectivity index (χ3n) is 19.2. The summed E-state index contributed by atoms with van der Waals surface area (Å²) in [7, 11) is 0. The predicted molar refractivity (Wildman–Crippen MR) is 421 cm³/mol. The lowest BCUT2D eigenvalue weighted by Gasteiger charge is -2.29. The van der Waals surface area contributed by atoms with Crippen molar-refractivity contribution in [3.05, 3.63) is 138 Å². The van der Waals surface area contributed by atoms with E-state index in [1.807, 2.05) is 54.6 Å². The van der Waals surface area contributed by atoms with Crippen LogP contribution in [0.1, 0.15) is 308 Å². The molecule has 107 heavy (non-hydrogen) atoms. The standard InChI is InChI=1S/C90H128O17/c1-6-8-27-38-75-40-44-76(45-41-75)77-46-54-81(55-47-77)107-89(95)78-48-52-80(53-49-78)99-63-30-18-10-9-17-28-61-97-73(5)39-58-85(91)102-66-33-22-15-12-20-31-64-100-82-56-57-84(83(71-82)90(96)106-70-37-26-25-36-69-105-88(94)72(3)4)101-65-32-21-13-16-24-35-68-104-87(93)60-59-86(92)103-67-34-23-14-11-19-29-62-98-79-50-42-74(7-2)43-51-79/h2,42-43,46-57,71,75-76H,3,5-6,8-41,44-45,58-70H2,1,4H3. The van der Waals surface area contributed by atoms with Crippen LogP contribution in [0.25, 0.3) is 0 Å². The van der Waals surface area contributed by atoms with Crippen molar-refractivity contribution in [3.8, 4) is 41.1 Å². The molecule has 4 aromatic carbocycles. The predicted octanol–water partition coefficient (Wildman–Crippen LogP) is 21.6. The van der Waals surface area contributed by atoms with Crippen LogP contribution in [0.3, 0.4) is 0 Å². The van der Waals surface area contributed by atoms with Crippen LogP contribution in [-0.2, 0) is 47.6 Å². The number of benzene rings is 4. The first kappa shape index (κ1) is 89.4. The maximum Gasteiger partial charge on any atom is 0.343 e. The van der Waals surface area contributed by atoms with Crippen LogP contribution < -0.4 is 23.7 Å². The molecule has 1 aliphatic carbocycles. The molecule has 0 aliphatic heterocycles. The van der Waals surface area contributed by atoms with Gasteiger partial charge in [0, 0.05) is 17.6 Å². The average Bonchev–Trinajstić information content (AvgIpc) is 0.845. The Balaban J connectivity index is 0.817. The van der Waals surface area contributed by atoms with Crippen molar-refractivity contribution in [2.45, 2.75) is 277 Å². The Kier molecular flexibility index (Phi) is 48.3. The summed E-state index contributed by atoms with van der Waals surface area (Å²) in [5.41, 5.74) is 3.36. The van der Waals surface area contributed by atoms with Crippen LogP contribution in [0.2, 0.25) is 0 Å². The first-order valence-electron chi connectivity index (χ1n) is 40.7. The van der Waals surface area contributed by atoms with Gasteiger partial charge in [0.2, 0.25) is 0 Å². The Labute approximate surface area is 641 Å². The molecule has 0 aromatic heterocycles. The summed E-state index contributed by atoms with van der Waals surface area (Å²) in [5, 5.41) is 0. The summed E-state index contributed by atoms with van der Waals surface area (Å²) >= 11 is 0. The first-order valence-corrected chi connectivity index (χ1v) is 40.7. The van der Waals surface area contributed by atoms with Crippen molar-refractivity contribution in [1.82, 2.24) is 0 Å². The van der Waals surface area contributed by atoms with E-state index < -0.39 is 17.9 Å². The zero-order valence-electron chi connectivity index (χ0n) is 65.1. The van der Waals surface area contributed by atoms with Gasteiger partial charge in [0.05, 0.1) is 96.7 Å². The lowest BCUT2D eigenvalue weighted by Crippen LogP contribution is -2.13. The molecule has 0 spiro atoms. The Morgan fingerprint density at radius 2 is 0.785 bits per heavy atom. The highest BCUT2D eigenvalue weighted by Crippen LogP contribution is 2.38. The molecule has 1 fully saturated rings. The van der Waals surface area contributed by atoms with Gasteiger partial charge in [-0.1, -0.05) is 167 Å². The van der Waals surface area contributed by atoms with Crippen LogP contribution in [0.4, 0.5) is 0 Å². The monoisotopic (exact) mass is 1480 g/mol. The van der Waals surface area contributed by atoms with Crippen molar-refractivity contribution in [3.63, 3.8) is 0 Å². The Morgan fingerprint density at radius 3 is 1.25 bits per heavy atom. The average molecular weight is 1480 g/mol. The van der Waals surface area contributed by atoms with Crippen LogP contribution in [0.5, 0.6) is 28.7 Å². The highest BCUT2D eigenvalue weighted by atomic mass is 16.6. The van der Waals surface area contributed by atoms with Gasteiger partial charge in [-0.2, -0.15) is 0 Å². The number of hydrogen-bond acceptors (Lipinski definition) is 17. The van der Waals surface area contributed by atoms with Crippen molar-refractivity contribution in [2.75, 3.05) is 66.1 Å². The third-order valence-corrected chi connectivity index (χ3v) is 19.2. The minimum Gasteiger partial charge on any atom is -0.499 e. The molecule has 0 amide bonds. The van der Waals surface area contributed by atoms with E-state index in [4.69, 9.17) is 58.5 Å². The molecular weight excluding hydrogens is 1350 g/mol. The van der Waals surface area contributed by atoms with Crippen LogP contribution in [0.15, 0.2) is 115 Å². The molecule has 0 heterocycles. The van der Waals surface area contributed by atoms with E-state index >= 15 is 0 Å². The summed E-state index contributed by atoms with van der Waals surface area (Å²) in [6.45, 7) is 15.9. The molecule has 0 saturated heterocycles. The second-order valence-electron chi connectivity index (χ2n) is 28.4. The molecule has 17 heteroatoms. The van der Waals surface area contributed by atoms with Crippen molar-refractivity contribution in [2.24, 2.45) is 5.92 Å². The Bertz CT molecular complexity index is 3160. The van der Waals surface area contributed by atoms with Gasteiger partial charge in [-0.25, -0.2) is 14.4 Å². The second-order valence-corrected chi connectivity index (χ2v) is 28.4. The number of carbonyl (C=O) groups excluding carboxylic acids is 6. The third kappa shape index (κ3) is 42.8. The lowest BCUT2D eigenvalue weighted by atomic mass is 9.77. The Hall–Kier alpha value is -8.26. The number of hydrogen-bond donors (Lipinski definition) is 0. The van der Waals surface area contributed by atoms with E-state index in [0.29, 0.717) is 124 Å². The molecule has 0 N–H and O–H groups in total. The molecule has 0 radical (unpaired) electrons. The molecule has 17 nitrogen and oxygen atoms in total. The lowest BCUT2D eigenvalue weighted by molar-refractivity contribution is -0.150. The molecule has 0 unspecified atom stereocenters. The number of ether oxygens (including phenoxy) is 11. The number of carbonyl (C=O) groups is 6. The molecule has 1 saturated carbocycles. The fourth-order valence-electron chi connectivity index (χ4n) is 12.7. The summed E-state index contributed by atoms with van der Waals surface area (Å²) in [6.07, 6.45) is 42.7. The van der Waals surface area contributed by atoms with Gasteiger partial charge in [-0.3, -0.25) is 14.4 Å². The van der Waals surface area contributed by atoms with Crippen molar-refractivity contribution >= 4 is 35.8 Å². The van der Waals surface area contributed by atoms with Gasteiger partial charge in [-0.15, -0.1) is 6.42 Å². The molecular formula is C90H128O17. The number of rotatable bonds is 63. The highest BCUT2D eigenvalue weighted by molar-refractivity contribution is 5.93. The maximum absolute atomic E-state index is 13.5. The van der Waals surface area contributed by atoms with E-state index in [1.165, 1.54) is 56.9 Å². The van der Waals surface area contributed by atoms with Gasteiger partial charge in [0.15, 0.2) is 0 Å². The summed E-state index contributed by atoms with van der Waals surface area (Å²) in [6, 6.07) is 28.1. The van der Waals surface area contributed by atoms with Gasteiger partial charge in [-0.05, 0) is 206 Å². The van der Waals surface area contributed by atoms with Crippen LogP contribution in [-0.4, -0.2) is 102 Å². The fraction of sp³-hybridized carbons (Fsp3) is 0.600.